The number of anilines is 1. The van der Waals surface area contributed by atoms with Crippen molar-refractivity contribution < 1.29 is 57.8 Å². The molecular weight excluding hydrogens is 988 g/mol. The summed E-state index contributed by atoms with van der Waals surface area (Å²) in [5, 5.41) is 8.58. The first kappa shape index (κ1) is 55.6. The standard InChI is InChI=1S/C49H69F5N8O8S2/c1-33(48(53)54)70-49(63)62-22-19-46(40(30-62)32-69-44-16-12-36(13-17-44)38-7-5-9-42(52)26-38)58-72(66,67)60(3)28-34-24-47(56-55-27-34)61-21-18-45(57-71(64,65)59(2)23-20-50)39(29-61)31-68-43-14-10-35(11-15-43)37-6-4-8-41(51)25-37/h4-9,24-27,33,35-36,39-40,43-46,48,57-58H,10-23,28-32H2,1-3H3/t33-,35?,36?,39?,40+,43?,44?,45?,46+/m1/s1. The molecule has 1 amide bonds. The number of halogens is 5. The minimum absolute atomic E-state index is 0.00184. The number of hydrogen-bond donors (Lipinski definition) is 2. The molecule has 3 aromatic rings. The molecule has 3 heterocycles. The van der Waals surface area contributed by atoms with Crippen LogP contribution in [0.15, 0.2) is 60.8 Å². The van der Waals surface area contributed by atoms with Gasteiger partial charge in [-0.2, -0.15) is 40.0 Å². The molecule has 2 aromatic carbocycles. The number of nitrogens with zero attached hydrogens (tertiary/aromatic N) is 6. The van der Waals surface area contributed by atoms with Crippen LogP contribution >= 0.6 is 0 Å². The Morgan fingerprint density at radius 2 is 1.28 bits per heavy atom. The van der Waals surface area contributed by atoms with E-state index in [-0.39, 0.29) is 87.4 Å². The van der Waals surface area contributed by atoms with Crippen molar-refractivity contribution in [1.29, 1.82) is 0 Å². The molecule has 23 heteroatoms. The summed E-state index contributed by atoms with van der Waals surface area (Å²) in [6, 6.07) is 13.7. The third-order valence-corrected chi connectivity index (χ3v) is 17.9. The Morgan fingerprint density at radius 1 is 0.750 bits per heavy atom. The lowest BCUT2D eigenvalue weighted by atomic mass is 9.82. The predicted octanol–water partition coefficient (Wildman–Crippen LogP) is 6.92. The first-order chi connectivity index (χ1) is 34.4. The Bertz CT molecular complexity index is 2460. The number of rotatable bonds is 21. The van der Waals surface area contributed by atoms with Crippen LogP contribution in [0.25, 0.3) is 0 Å². The number of nitrogens with one attached hydrogen (secondary N) is 2. The average Bonchev–Trinajstić information content (AvgIpc) is 3.36. The lowest BCUT2D eigenvalue weighted by Crippen LogP contribution is -2.56. The van der Waals surface area contributed by atoms with Crippen LogP contribution in [0.3, 0.4) is 0 Å². The maximum atomic E-state index is 14.1. The molecule has 1 aromatic heterocycles. The van der Waals surface area contributed by atoms with E-state index in [1.807, 2.05) is 17.0 Å². The van der Waals surface area contributed by atoms with Gasteiger partial charge in [0.25, 0.3) is 26.8 Å². The van der Waals surface area contributed by atoms with E-state index in [0.717, 1.165) is 65.2 Å². The van der Waals surface area contributed by atoms with Gasteiger partial charge in [0.1, 0.15) is 18.3 Å². The maximum Gasteiger partial charge on any atom is 0.410 e. The number of benzene rings is 2. The van der Waals surface area contributed by atoms with Crippen molar-refractivity contribution >= 4 is 32.3 Å². The number of piperidine rings is 2. The van der Waals surface area contributed by atoms with Crippen molar-refractivity contribution in [2.75, 3.05) is 71.6 Å². The molecule has 0 bridgehead atoms. The zero-order chi connectivity index (χ0) is 51.6. The number of alkyl halides is 3. The third kappa shape index (κ3) is 15.3. The van der Waals surface area contributed by atoms with Crippen LogP contribution in [0.1, 0.15) is 99.7 Å². The summed E-state index contributed by atoms with van der Waals surface area (Å²) in [6.45, 7) is 0.880. The van der Waals surface area contributed by atoms with E-state index in [1.165, 1.54) is 37.3 Å². The number of carbonyl (C=O) groups is 1. The third-order valence-electron chi connectivity index (χ3n) is 14.7. The van der Waals surface area contributed by atoms with Crippen LogP contribution in [0.2, 0.25) is 0 Å². The van der Waals surface area contributed by atoms with Gasteiger partial charge in [-0.3, -0.25) is 0 Å². The molecule has 400 valence electrons. The highest BCUT2D eigenvalue weighted by Crippen LogP contribution is 2.37. The molecule has 2 aliphatic carbocycles. The second kappa shape index (κ2) is 25.4. The monoisotopic (exact) mass is 1060 g/mol. The van der Waals surface area contributed by atoms with Crippen molar-refractivity contribution in [3.8, 4) is 0 Å². The summed E-state index contributed by atoms with van der Waals surface area (Å²) < 4.78 is 148. The topological polar surface area (TPSA) is 176 Å². The zero-order valence-corrected chi connectivity index (χ0v) is 42.8. The number of hydrogen-bond acceptors (Lipinski definition) is 11. The van der Waals surface area contributed by atoms with Gasteiger partial charge < -0.3 is 24.0 Å². The minimum atomic E-state index is -4.19. The van der Waals surface area contributed by atoms with Crippen molar-refractivity contribution in [2.45, 2.75) is 126 Å². The van der Waals surface area contributed by atoms with E-state index in [9.17, 15) is 43.6 Å². The summed E-state index contributed by atoms with van der Waals surface area (Å²) in [4.78, 5) is 16.2. The van der Waals surface area contributed by atoms with Gasteiger partial charge in [0, 0.05) is 77.3 Å². The Labute approximate surface area is 420 Å². The molecular formula is C49H69F5N8O8S2. The van der Waals surface area contributed by atoms with E-state index in [4.69, 9.17) is 14.2 Å². The number of carbonyl (C=O) groups excluding carboxylic acids is 1. The van der Waals surface area contributed by atoms with Crippen molar-refractivity contribution in [3.05, 3.63) is 89.1 Å². The highest BCUT2D eigenvalue weighted by molar-refractivity contribution is 7.87. The van der Waals surface area contributed by atoms with Crippen LogP contribution < -0.4 is 14.3 Å². The van der Waals surface area contributed by atoms with Crippen LogP contribution in [-0.2, 0) is 41.2 Å². The van der Waals surface area contributed by atoms with E-state index in [2.05, 4.69) is 19.6 Å². The second-order valence-corrected chi connectivity index (χ2v) is 23.4. The fraction of sp³-hybridized carbons (Fsp3) is 0.653. The van der Waals surface area contributed by atoms with E-state index < -0.39 is 63.7 Å². The van der Waals surface area contributed by atoms with E-state index in [0.29, 0.717) is 43.7 Å². The fourth-order valence-corrected chi connectivity index (χ4v) is 12.7. The summed E-state index contributed by atoms with van der Waals surface area (Å²) in [6.07, 6.45) is 2.36. The predicted molar refractivity (Wildman–Crippen MR) is 260 cm³/mol. The quantitative estimate of drug-likeness (QED) is 0.106. The van der Waals surface area contributed by atoms with Gasteiger partial charge in [0.2, 0.25) is 0 Å². The molecule has 2 N–H and O–H groups in total. The van der Waals surface area contributed by atoms with Gasteiger partial charge in [-0.05, 0) is 130 Å². The van der Waals surface area contributed by atoms with Gasteiger partial charge in [0.05, 0.1) is 31.6 Å². The summed E-state index contributed by atoms with van der Waals surface area (Å²) in [5.74, 6) is -0.646. The summed E-state index contributed by atoms with van der Waals surface area (Å²) in [5.41, 5.74) is 2.41. The van der Waals surface area contributed by atoms with E-state index >= 15 is 0 Å². The number of aromatic nitrogens is 2. The molecule has 2 aliphatic heterocycles. The average molecular weight is 1060 g/mol. The van der Waals surface area contributed by atoms with Crippen LogP contribution in [0.4, 0.5) is 32.6 Å². The molecule has 5 atom stereocenters. The molecule has 4 aliphatic rings. The Hall–Kier alpha value is -4.10. The summed E-state index contributed by atoms with van der Waals surface area (Å²) in [7, 11) is -5.49. The van der Waals surface area contributed by atoms with Gasteiger partial charge in [-0.1, -0.05) is 24.3 Å². The van der Waals surface area contributed by atoms with Gasteiger partial charge in [-0.15, -0.1) is 5.10 Å². The van der Waals surface area contributed by atoms with Crippen molar-refractivity contribution in [3.63, 3.8) is 0 Å². The van der Waals surface area contributed by atoms with Gasteiger partial charge >= 0.3 is 6.09 Å². The van der Waals surface area contributed by atoms with Gasteiger partial charge in [-0.25, -0.2) is 26.7 Å². The van der Waals surface area contributed by atoms with E-state index in [1.54, 1.807) is 30.3 Å². The lowest BCUT2D eigenvalue weighted by Gasteiger charge is -2.40. The second-order valence-electron chi connectivity index (χ2n) is 19.8. The van der Waals surface area contributed by atoms with Crippen molar-refractivity contribution in [2.24, 2.45) is 11.8 Å². The van der Waals surface area contributed by atoms with Crippen LogP contribution in [0.5, 0.6) is 0 Å². The Balaban J connectivity index is 0.980. The lowest BCUT2D eigenvalue weighted by molar-refractivity contribution is -0.0368. The Kier molecular flexibility index (Phi) is 19.6. The molecule has 72 heavy (non-hydrogen) atoms. The first-order valence-corrected chi connectivity index (χ1v) is 27.8. The highest BCUT2D eigenvalue weighted by atomic mass is 32.2. The van der Waals surface area contributed by atoms with Crippen molar-refractivity contribution in [1.82, 2.24) is 33.2 Å². The Morgan fingerprint density at radius 3 is 1.81 bits per heavy atom. The van der Waals surface area contributed by atoms with Crippen LogP contribution in [0, 0.1) is 23.5 Å². The number of likely N-dealkylation sites (tertiary alicyclic amines) is 1. The maximum absolute atomic E-state index is 14.1. The largest absolute Gasteiger partial charge is 0.440 e. The SMILES string of the molecule is C[C@@H](OC(=O)N1CC[C@H](NS(=O)(=O)N(C)Cc2cnnc(N3CCC(NS(=O)(=O)N(C)CCF)C(COC4CCC(c5cccc(F)c5)CC4)C3)c2)[C@H](COC2CCC(c3cccc(F)c3)CC2)C1)C(F)F. The molecule has 0 radical (unpaired) electrons. The minimum Gasteiger partial charge on any atom is -0.440 e. The molecule has 0 spiro atoms. The smallest absolute Gasteiger partial charge is 0.410 e. The fourth-order valence-electron chi connectivity index (χ4n) is 10.3. The zero-order valence-electron chi connectivity index (χ0n) is 41.1. The molecule has 16 nitrogen and oxygen atoms in total. The molecule has 2 unspecified atom stereocenters. The molecule has 2 saturated heterocycles. The first-order valence-electron chi connectivity index (χ1n) is 24.9. The molecule has 2 saturated carbocycles. The summed E-state index contributed by atoms with van der Waals surface area (Å²) >= 11 is 0. The number of ether oxygens (including phenoxy) is 3. The van der Waals surface area contributed by atoms with Gasteiger partial charge in [0.15, 0.2) is 11.9 Å². The normalized spacial score (nSPS) is 26.0. The molecule has 7 rings (SSSR count). The van der Waals surface area contributed by atoms with Crippen LogP contribution in [-0.4, -0.2) is 150 Å². The highest BCUT2D eigenvalue weighted by Gasteiger charge is 2.39. The molecule has 4 fully saturated rings. The number of amides is 1.